The fourth-order valence-electron chi connectivity index (χ4n) is 3.36. The van der Waals surface area contributed by atoms with Gasteiger partial charge in [0.1, 0.15) is 11.4 Å². The number of aliphatic hydroxyl groups is 1. The van der Waals surface area contributed by atoms with E-state index in [0.29, 0.717) is 29.4 Å². The zero-order chi connectivity index (χ0) is 18.3. The number of aromatic nitrogens is 3. The quantitative estimate of drug-likeness (QED) is 0.650. The summed E-state index contributed by atoms with van der Waals surface area (Å²) in [6.07, 6.45) is 0.347. The van der Waals surface area contributed by atoms with E-state index in [2.05, 4.69) is 25.4 Å². The van der Waals surface area contributed by atoms with Gasteiger partial charge in [0.15, 0.2) is 0 Å². The number of hydrogen-bond donors (Lipinski definition) is 3. The zero-order valence-electron chi connectivity index (χ0n) is 14.7. The number of rotatable bonds is 3. The van der Waals surface area contributed by atoms with Crippen LogP contribution in [-0.4, -0.2) is 62.6 Å². The lowest BCUT2D eigenvalue weighted by molar-refractivity contribution is 0.0726. The van der Waals surface area contributed by atoms with Gasteiger partial charge in [0.25, 0.3) is 0 Å². The maximum atomic E-state index is 10.6. The summed E-state index contributed by atoms with van der Waals surface area (Å²) in [5.74, 6) is 0.602. The van der Waals surface area contributed by atoms with Crippen molar-refractivity contribution in [2.24, 2.45) is 0 Å². The molecule has 0 amide bonds. The van der Waals surface area contributed by atoms with Crippen LogP contribution in [0.25, 0.3) is 21.3 Å². The lowest BCUT2D eigenvalue weighted by Gasteiger charge is -2.33. The molecule has 0 unspecified atom stereocenters. The van der Waals surface area contributed by atoms with Crippen molar-refractivity contribution >= 4 is 27.4 Å². The third kappa shape index (κ3) is 3.11. The molecular weight excluding hydrogens is 350 g/mol. The number of nitrogens with one attached hydrogen (secondary N) is 1. The van der Waals surface area contributed by atoms with Gasteiger partial charge >= 0.3 is 0 Å². The molecule has 4 rings (SSSR count). The highest BCUT2D eigenvalue weighted by molar-refractivity contribution is 7.17. The number of nitrogens with zero attached hydrogens (tertiary/aromatic N) is 4. The molecule has 3 aromatic rings. The Morgan fingerprint density at radius 3 is 2.88 bits per heavy atom. The van der Waals surface area contributed by atoms with Crippen molar-refractivity contribution in [2.45, 2.75) is 25.5 Å². The maximum absolute atomic E-state index is 10.6. The number of hydrogen-bond acceptors (Lipinski definition) is 8. The molecule has 136 valence electrons. The first kappa shape index (κ1) is 17.1. The molecule has 26 heavy (non-hydrogen) atoms. The van der Waals surface area contributed by atoms with E-state index in [1.807, 2.05) is 37.6 Å². The molecule has 7 nitrogen and oxygen atoms in total. The van der Waals surface area contributed by atoms with Crippen molar-refractivity contribution < 1.29 is 10.2 Å². The predicted molar refractivity (Wildman–Crippen MR) is 103 cm³/mol. The number of aliphatic hydroxyl groups excluding tert-OH is 1. The van der Waals surface area contributed by atoms with E-state index in [-0.39, 0.29) is 11.8 Å². The number of phenols is 1. The average Bonchev–Trinajstić information content (AvgIpc) is 3.08. The summed E-state index contributed by atoms with van der Waals surface area (Å²) in [4.78, 5) is 6.58. The van der Waals surface area contributed by atoms with Crippen molar-refractivity contribution in [3.8, 4) is 17.0 Å². The van der Waals surface area contributed by atoms with Gasteiger partial charge in [-0.3, -0.25) is 0 Å². The first-order valence-electron chi connectivity index (χ1n) is 8.57. The Balaban J connectivity index is 1.60. The molecule has 8 heteroatoms. The lowest BCUT2D eigenvalue weighted by atomic mass is 10.0. The Labute approximate surface area is 155 Å². The van der Waals surface area contributed by atoms with E-state index in [9.17, 15) is 10.2 Å². The maximum Gasteiger partial charge on any atom is 0.243 e. The van der Waals surface area contributed by atoms with E-state index < -0.39 is 6.10 Å². The molecule has 1 fully saturated rings. The number of aryl methyl sites for hydroxylation is 1. The molecule has 0 spiro atoms. The van der Waals surface area contributed by atoms with Crippen molar-refractivity contribution in [2.75, 3.05) is 25.5 Å². The number of likely N-dealkylation sites (N-methyl/N-ethyl adjacent to an activating group) is 1. The number of benzene rings is 1. The van der Waals surface area contributed by atoms with Crippen molar-refractivity contribution in [3.05, 3.63) is 29.3 Å². The van der Waals surface area contributed by atoms with E-state index in [1.54, 1.807) is 11.3 Å². The monoisotopic (exact) mass is 371 g/mol. The number of fused-ring (bicyclic) bond motifs is 1. The highest BCUT2D eigenvalue weighted by atomic mass is 32.1. The number of β-amino-alcohol motifs (C(OH)–C–C–N with tert-alkyl or cyclic N) is 1. The highest BCUT2D eigenvalue weighted by Gasteiger charge is 2.26. The molecule has 2 atom stereocenters. The molecule has 0 saturated carbocycles. The summed E-state index contributed by atoms with van der Waals surface area (Å²) in [5, 5.41) is 35.2. The molecule has 0 aliphatic carbocycles. The fourth-order valence-corrected chi connectivity index (χ4v) is 4.15. The van der Waals surface area contributed by atoms with Gasteiger partial charge in [-0.15, -0.1) is 21.5 Å². The van der Waals surface area contributed by atoms with Crippen LogP contribution in [0.5, 0.6) is 5.75 Å². The van der Waals surface area contributed by atoms with Crippen LogP contribution in [0.3, 0.4) is 0 Å². The van der Waals surface area contributed by atoms with Crippen LogP contribution >= 0.6 is 11.3 Å². The van der Waals surface area contributed by atoms with Gasteiger partial charge < -0.3 is 20.4 Å². The zero-order valence-corrected chi connectivity index (χ0v) is 15.5. The van der Waals surface area contributed by atoms with Crippen LogP contribution in [-0.2, 0) is 0 Å². The first-order valence-corrected chi connectivity index (χ1v) is 9.45. The van der Waals surface area contributed by atoms with Gasteiger partial charge in [0.2, 0.25) is 5.95 Å². The minimum atomic E-state index is -0.470. The third-order valence-corrected chi connectivity index (χ3v) is 5.70. The van der Waals surface area contributed by atoms with Crippen LogP contribution < -0.4 is 5.32 Å². The summed E-state index contributed by atoms with van der Waals surface area (Å²) in [7, 11) is 1.99. The van der Waals surface area contributed by atoms with Crippen LogP contribution in [0.2, 0.25) is 0 Å². The van der Waals surface area contributed by atoms with Gasteiger partial charge in [-0.1, -0.05) is 0 Å². The second kappa shape index (κ2) is 6.79. The highest BCUT2D eigenvalue weighted by Crippen LogP contribution is 2.37. The summed E-state index contributed by atoms with van der Waals surface area (Å²) >= 11 is 1.58. The smallest absolute Gasteiger partial charge is 0.243 e. The third-order valence-electron chi connectivity index (χ3n) is 4.82. The molecule has 1 aliphatic heterocycles. The Kier molecular flexibility index (Phi) is 4.47. The second-order valence-corrected chi connectivity index (χ2v) is 7.68. The topological polar surface area (TPSA) is 94.4 Å². The van der Waals surface area contributed by atoms with Crippen molar-refractivity contribution in [3.63, 3.8) is 0 Å². The van der Waals surface area contributed by atoms with E-state index in [4.69, 9.17) is 0 Å². The molecule has 2 aromatic heterocycles. The Morgan fingerprint density at radius 1 is 1.27 bits per heavy atom. The van der Waals surface area contributed by atoms with Gasteiger partial charge in [-0.05, 0) is 50.5 Å². The molecule has 0 radical (unpaired) electrons. The number of likely N-dealkylation sites (tertiary alicyclic amines) is 1. The molecule has 1 aliphatic rings. The molecule has 1 saturated heterocycles. The van der Waals surface area contributed by atoms with Crippen molar-refractivity contribution in [1.29, 1.82) is 0 Å². The van der Waals surface area contributed by atoms with Crippen LogP contribution in [0.4, 0.5) is 5.95 Å². The van der Waals surface area contributed by atoms with Gasteiger partial charge in [-0.25, -0.2) is 4.98 Å². The minimum absolute atomic E-state index is 0.0891. The SMILES string of the molecule is Cc1nc(N[C@@H]2CCN(C)C[C@H]2O)nnc1-c1ccc2sccc2c1O. The van der Waals surface area contributed by atoms with Gasteiger partial charge in [0, 0.05) is 22.2 Å². The van der Waals surface area contributed by atoms with Gasteiger partial charge in [0.05, 0.1) is 17.8 Å². The average molecular weight is 371 g/mol. The first-order chi connectivity index (χ1) is 12.5. The Bertz CT molecular complexity index is 944. The fraction of sp³-hybridized carbons (Fsp3) is 0.389. The summed E-state index contributed by atoms with van der Waals surface area (Å²) in [6, 6.07) is 5.62. The normalized spacial score (nSPS) is 21.2. The number of piperidine rings is 1. The molecular formula is C18H21N5O2S. The van der Waals surface area contributed by atoms with Crippen LogP contribution in [0.1, 0.15) is 12.1 Å². The van der Waals surface area contributed by atoms with E-state index in [0.717, 1.165) is 23.1 Å². The van der Waals surface area contributed by atoms with Crippen LogP contribution in [0, 0.1) is 6.92 Å². The van der Waals surface area contributed by atoms with E-state index >= 15 is 0 Å². The number of anilines is 1. The second-order valence-electron chi connectivity index (χ2n) is 6.73. The van der Waals surface area contributed by atoms with Gasteiger partial charge in [-0.2, -0.15) is 0 Å². The number of aromatic hydroxyl groups is 1. The Hall–Kier alpha value is -2.29. The molecule has 3 heterocycles. The molecule has 1 aromatic carbocycles. The van der Waals surface area contributed by atoms with E-state index in [1.165, 1.54) is 0 Å². The number of thiophene rings is 1. The standard InChI is InChI=1S/C18H21N5O2S/c1-10-16(12-3-4-15-11(17(12)25)6-8-26-15)21-22-18(19-10)20-13-5-7-23(2)9-14(13)24/h3-4,6,8,13-14,24-25H,5,7,9H2,1-2H3,(H,19,20,22)/t13-,14-/m1/s1. The summed E-state index contributed by atoms with van der Waals surface area (Å²) in [6.45, 7) is 3.38. The lowest BCUT2D eigenvalue weighted by Crippen LogP contribution is -2.48. The van der Waals surface area contributed by atoms with Crippen molar-refractivity contribution in [1.82, 2.24) is 20.1 Å². The minimum Gasteiger partial charge on any atom is -0.507 e. The molecule has 3 N–H and O–H groups in total. The van der Waals surface area contributed by atoms with Crippen LogP contribution in [0.15, 0.2) is 23.6 Å². The summed E-state index contributed by atoms with van der Waals surface area (Å²) in [5.41, 5.74) is 1.86. The largest absolute Gasteiger partial charge is 0.507 e. The molecule has 0 bridgehead atoms. The Morgan fingerprint density at radius 2 is 2.12 bits per heavy atom. The summed E-state index contributed by atoms with van der Waals surface area (Å²) < 4.78 is 1.03. The number of phenolic OH excluding ortho intramolecular Hbond substituents is 1. The predicted octanol–water partition coefficient (Wildman–Crippen LogP) is 2.24.